The highest BCUT2D eigenvalue weighted by Gasteiger charge is 2.13. The summed E-state index contributed by atoms with van der Waals surface area (Å²) >= 11 is 0. The number of carbonyl (C=O) groups is 1. The van der Waals surface area contributed by atoms with Crippen molar-refractivity contribution in [3.63, 3.8) is 0 Å². The lowest BCUT2D eigenvalue weighted by Crippen LogP contribution is -2.10. The summed E-state index contributed by atoms with van der Waals surface area (Å²) in [7, 11) is -3.43. The summed E-state index contributed by atoms with van der Waals surface area (Å²) in [4.78, 5) is 14.7. The molecule has 1 heterocycles. The molecule has 1 aromatic heterocycles. The first kappa shape index (κ1) is 12.3. The van der Waals surface area contributed by atoms with Gasteiger partial charge in [0.15, 0.2) is 5.82 Å². The number of carboxylic acids is 1. The van der Waals surface area contributed by atoms with Crippen molar-refractivity contribution < 1.29 is 18.3 Å². The fourth-order valence-electron chi connectivity index (χ4n) is 1.52. The fraction of sp³-hybridized carbons (Fsp3) is 0.0909. The minimum absolute atomic E-state index is 0.135. The summed E-state index contributed by atoms with van der Waals surface area (Å²) in [5, 5.41) is 8.77. The zero-order valence-electron chi connectivity index (χ0n) is 9.44. The van der Waals surface area contributed by atoms with Crippen LogP contribution >= 0.6 is 0 Å². The van der Waals surface area contributed by atoms with E-state index in [-0.39, 0.29) is 11.4 Å². The average molecular weight is 266 g/mol. The maximum absolute atomic E-state index is 11.5. The number of aromatic carboxylic acids is 1. The van der Waals surface area contributed by atoms with Crippen LogP contribution < -0.4 is 0 Å². The molecule has 0 fully saturated rings. The fourth-order valence-corrected chi connectivity index (χ4v) is 2.27. The number of nitrogens with zero attached hydrogens (tertiary/aromatic N) is 2. The predicted octanol–water partition coefficient (Wildman–Crippen LogP) is 1.06. The molecule has 0 spiro atoms. The molecule has 7 heteroatoms. The van der Waals surface area contributed by atoms with Gasteiger partial charge in [0.25, 0.3) is 0 Å². The Morgan fingerprint density at radius 3 is 2.39 bits per heavy atom. The van der Waals surface area contributed by atoms with Crippen molar-refractivity contribution in [1.82, 2.24) is 8.96 Å². The van der Waals surface area contributed by atoms with Crippen molar-refractivity contribution in [1.29, 1.82) is 0 Å². The van der Waals surface area contributed by atoms with Crippen molar-refractivity contribution in [2.24, 2.45) is 0 Å². The van der Waals surface area contributed by atoms with Gasteiger partial charge in [0.05, 0.1) is 11.8 Å². The van der Waals surface area contributed by atoms with Gasteiger partial charge in [-0.1, -0.05) is 12.1 Å². The van der Waals surface area contributed by atoms with Crippen LogP contribution in [0, 0.1) is 0 Å². The first-order valence-electron chi connectivity index (χ1n) is 4.97. The van der Waals surface area contributed by atoms with E-state index >= 15 is 0 Å². The van der Waals surface area contributed by atoms with E-state index in [0.717, 1.165) is 10.2 Å². The van der Waals surface area contributed by atoms with E-state index in [2.05, 4.69) is 4.98 Å². The number of carboxylic acid groups (broad SMARTS) is 1. The molecule has 0 bridgehead atoms. The highest BCUT2D eigenvalue weighted by molar-refractivity contribution is 7.89. The van der Waals surface area contributed by atoms with Crippen molar-refractivity contribution >= 4 is 16.0 Å². The van der Waals surface area contributed by atoms with E-state index in [1.165, 1.54) is 36.7 Å². The lowest BCUT2D eigenvalue weighted by atomic mass is 10.1. The van der Waals surface area contributed by atoms with Crippen LogP contribution in [0.25, 0.3) is 11.4 Å². The Hall–Kier alpha value is -2.15. The van der Waals surface area contributed by atoms with Gasteiger partial charge in [0.2, 0.25) is 10.0 Å². The monoisotopic (exact) mass is 266 g/mol. The van der Waals surface area contributed by atoms with Crippen LogP contribution in [0.3, 0.4) is 0 Å². The SMILES string of the molecule is CS(=O)(=O)n1ccnc1-c1ccc(C(=O)O)cc1. The molecule has 0 unspecified atom stereocenters. The zero-order valence-corrected chi connectivity index (χ0v) is 10.3. The molecule has 0 aliphatic rings. The van der Waals surface area contributed by atoms with E-state index < -0.39 is 16.0 Å². The smallest absolute Gasteiger partial charge is 0.335 e. The number of aromatic nitrogens is 2. The van der Waals surface area contributed by atoms with Crippen LogP contribution in [0.4, 0.5) is 0 Å². The number of rotatable bonds is 3. The Morgan fingerprint density at radius 2 is 1.89 bits per heavy atom. The summed E-state index contributed by atoms with van der Waals surface area (Å²) in [5.74, 6) is -0.776. The quantitative estimate of drug-likeness (QED) is 0.897. The normalized spacial score (nSPS) is 11.4. The number of hydrogen-bond donors (Lipinski definition) is 1. The number of benzene rings is 1. The first-order valence-corrected chi connectivity index (χ1v) is 6.82. The van der Waals surface area contributed by atoms with Crippen LogP contribution in [0.2, 0.25) is 0 Å². The van der Waals surface area contributed by atoms with Gasteiger partial charge in [-0.15, -0.1) is 0 Å². The minimum Gasteiger partial charge on any atom is -0.478 e. The van der Waals surface area contributed by atoms with Gasteiger partial charge in [-0.3, -0.25) is 0 Å². The van der Waals surface area contributed by atoms with Crippen LogP contribution in [0.5, 0.6) is 0 Å². The maximum Gasteiger partial charge on any atom is 0.335 e. The van der Waals surface area contributed by atoms with E-state index in [4.69, 9.17) is 5.11 Å². The van der Waals surface area contributed by atoms with Crippen LogP contribution in [-0.2, 0) is 10.0 Å². The molecule has 0 aliphatic carbocycles. The predicted molar refractivity (Wildman–Crippen MR) is 64.9 cm³/mol. The summed E-state index contributed by atoms with van der Waals surface area (Å²) in [6.45, 7) is 0. The Balaban J connectivity index is 2.50. The molecular formula is C11H10N2O4S. The number of hydrogen-bond acceptors (Lipinski definition) is 4. The lowest BCUT2D eigenvalue weighted by molar-refractivity contribution is 0.0697. The van der Waals surface area contributed by atoms with Crippen LogP contribution in [0.1, 0.15) is 10.4 Å². The molecule has 6 nitrogen and oxygen atoms in total. The van der Waals surface area contributed by atoms with Gasteiger partial charge in [-0.25, -0.2) is 22.2 Å². The van der Waals surface area contributed by atoms with Crippen molar-refractivity contribution in [3.8, 4) is 11.4 Å². The Kier molecular flexibility index (Phi) is 2.92. The molecule has 0 aliphatic heterocycles. The second kappa shape index (κ2) is 4.26. The molecule has 18 heavy (non-hydrogen) atoms. The summed E-state index contributed by atoms with van der Waals surface area (Å²) in [6.07, 6.45) is 3.79. The van der Waals surface area contributed by atoms with Gasteiger partial charge in [-0.2, -0.15) is 0 Å². The maximum atomic E-state index is 11.5. The van der Waals surface area contributed by atoms with Gasteiger partial charge >= 0.3 is 5.97 Å². The molecule has 0 saturated carbocycles. The highest BCUT2D eigenvalue weighted by atomic mass is 32.2. The van der Waals surface area contributed by atoms with Gasteiger partial charge < -0.3 is 5.11 Å². The third-order valence-electron chi connectivity index (χ3n) is 2.35. The summed E-state index contributed by atoms with van der Waals surface area (Å²) < 4.78 is 24.0. The average Bonchev–Trinajstić information content (AvgIpc) is 2.77. The Labute approximate surface area is 104 Å². The summed E-state index contributed by atoms with van der Waals surface area (Å²) in [6, 6.07) is 5.85. The lowest BCUT2D eigenvalue weighted by Gasteiger charge is -2.05. The van der Waals surface area contributed by atoms with Crippen LogP contribution in [0.15, 0.2) is 36.7 Å². The molecular weight excluding hydrogens is 256 g/mol. The molecule has 0 saturated heterocycles. The largest absolute Gasteiger partial charge is 0.478 e. The Morgan fingerprint density at radius 1 is 1.28 bits per heavy atom. The Bertz CT molecular complexity index is 686. The molecule has 94 valence electrons. The molecule has 1 aromatic carbocycles. The second-order valence-electron chi connectivity index (χ2n) is 3.69. The van der Waals surface area contributed by atoms with E-state index in [1.54, 1.807) is 0 Å². The number of imidazole rings is 1. The van der Waals surface area contributed by atoms with Gasteiger partial charge in [0.1, 0.15) is 0 Å². The van der Waals surface area contributed by atoms with Crippen molar-refractivity contribution in [2.75, 3.05) is 6.26 Å². The van der Waals surface area contributed by atoms with Crippen molar-refractivity contribution in [3.05, 3.63) is 42.2 Å². The first-order chi connectivity index (χ1) is 8.39. The van der Waals surface area contributed by atoms with E-state index in [0.29, 0.717) is 5.56 Å². The third kappa shape index (κ3) is 2.25. The molecule has 2 rings (SSSR count). The van der Waals surface area contributed by atoms with E-state index in [9.17, 15) is 13.2 Å². The zero-order chi connectivity index (χ0) is 13.3. The topological polar surface area (TPSA) is 89.3 Å². The highest BCUT2D eigenvalue weighted by Crippen LogP contribution is 2.19. The molecule has 0 radical (unpaired) electrons. The molecule has 2 aromatic rings. The van der Waals surface area contributed by atoms with Crippen LogP contribution in [-0.4, -0.2) is 34.7 Å². The second-order valence-corrected chi connectivity index (χ2v) is 5.55. The molecule has 1 N–H and O–H groups in total. The minimum atomic E-state index is -3.43. The van der Waals surface area contributed by atoms with Crippen molar-refractivity contribution in [2.45, 2.75) is 0 Å². The standard InChI is InChI=1S/C11H10N2O4S/c1-18(16,17)13-7-6-12-10(13)8-2-4-9(5-3-8)11(14)15/h2-7H,1H3,(H,14,15). The van der Waals surface area contributed by atoms with Gasteiger partial charge in [-0.05, 0) is 12.1 Å². The third-order valence-corrected chi connectivity index (χ3v) is 3.36. The van der Waals surface area contributed by atoms with Gasteiger partial charge in [0, 0.05) is 18.0 Å². The summed E-state index contributed by atoms with van der Waals surface area (Å²) in [5.41, 5.74) is 0.673. The molecule has 0 atom stereocenters. The molecule has 0 amide bonds. The van der Waals surface area contributed by atoms with E-state index in [1.807, 2.05) is 0 Å².